The number of ether oxygens (including phenoxy) is 2. The van der Waals surface area contributed by atoms with Gasteiger partial charge in [-0.1, -0.05) is 41.9 Å². The van der Waals surface area contributed by atoms with Gasteiger partial charge in [0.15, 0.2) is 0 Å². The quantitative estimate of drug-likeness (QED) is 0.201. The lowest BCUT2D eigenvalue weighted by atomic mass is 10.0. The maximum absolute atomic E-state index is 13.3. The maximum atomic E-state index is 13.3. The molecular formula is C29H30ClN7O5. The lowest BCUT2D eigenvalue weighted by Gasteiger charge is -2.19. The van der Waals surface area contributed by atoms with Gasteiger partial charge in [0.25, 0.3) is 5.91 Å². The smallest absolute Gasteiger partial charge is 0.411 e. The lowest BCUT2D eigenvalue weighted by Crippen LogP contribution is -2.48. The molecule has 1 heterocycles. The van der Waals surface area contributed by atoms with E-state index in [1.54, 1.807) is 42.5 Å². The average molecular weight is 592 g/mol. The highest BCUT2D eigenvalue weighted by atomic mass is 35.5. The second kappa shape index (κ2) is 15.3. The van der Waals surface area contributed by atoms with Gasteiger partial charge >= 0.3 is 6.09 Å². The standard InChI is InChI=1S/C29H30ClN7O5/c1-41-15-16-42-29(40)33-24-10-7-21(8-11-24)27(38)34-25(17-20-5-3-2-4-6-20)28(39)31-14-13-22-18-23(30)9-12-26(22)37-19-32-35-36-37/h2-12,18-19,25H,13-17H2,1H3,(H,31,39)(H,33,40)(H,34,38). The number of nitrogens with zero attached hydrogens (tertiary/aromatic N) is 4. The van der Waals surface area contributed by atoms with E-state index in [0.717, 1.165) is 16.8 Å². The van der Waals surface area contributed by atoms with Crippen molar-refractivity contribution in [2.24, 2.45) is 0 Å². The Bertz CT molecular complexity index is 1470. The fraction of sp³-hybridized carbons (Fsp3) is 0.241. The molecule has 42 heavy (non-hydrogen) atoms. The average Bonchev–Trinajstić information content (AvgIpc) is 3.53. The molecule has 12 nitrogen and oxygen atoms in total. The van der Waals surface area contributed by atoms with Crippen molar-refractivity contribution in [3.8, 4) is 5.69 Å². The zero-order chi connectivity index (χ0) is 29.7. The van der Waals surface area contributed by atoms with Gasteiger partial charge < -0.3 is 20.1 Å². The Morgan fingerprint density at radius 3 is 2.50 bits per heavy atom. The summed E-state index contributed by atoms with van der Waals surface area (Å²) >= 11 is 6.21. The summed E-state index contributed by atoms with van der Waals surface area (Å²) in [6.45, 7) is 0.691. The summed E-state index contributed by atoms with van der Waals surface area (Å²) in [6.07, 6.45) is 1.59. The molecule has 3 N–H and O–H groups in total. The molecule has 4 aromatic rings. The number of anilines is 1. The minimum Gasteiger partial charge on any atom is -0.447 e. The molecule has 0 fully saturated rings. The molecule has 0 bridgehead atoms. The van der Waals surface area contributed by atoms with Crippen molar-refractivity contribution >= 4 is 35.2 Å². The Morgan fingerprint density at radius 2 is 1.79 bits per heavy atom. The van der Waals surface area contributed by atoms with Crippen molar-refractivity contribution < 1.29 is 23.9 Å². The highest BCUT2D eigenvalue weighted by Gasteiger charge is 2.22. The minimum absolute atomic E-state index is 0.118. The summed E-state index contributed by atoms with van der Waals surface area (Å²) in [4.78, 5) is 38.3. The van der Waals surface area contributed by atoms with E-state index in [2.05, 4.69) is 31.5 Å². The van der Waals surface area contributed by atoms with Gasteiger partial charge in [-0.3, -0.25) is 14.9 Å². The lowest BCUT2D eigenvalue weighted by molar-refractivity contribution is -0.122. The molecule has 0 saturated carbocycles. The molecule has 4 rings (SSSR count). The van der Waals surface area contributed by atoms with E-state index < -0.39 is 18.0 Å². The zero-order valence-corrected chi connectivity index (χ0v) is 23.6. The van der Waals surface area contributed by atoms with Crippen LogP contribution in [0.15, 0.2) is 79.1 Å². The van der Waals surface area contributed by atoms with Crippen molar-refractivity contribution in [2.75, 3.05) is 32.2 Å². The van der Waals surface area contributed by atoms with Gasteiger partial charge in [-0.15, -0.1) is 5.10 Å². The molecular weight excluding hydrogens is 562 g/mol. The fourth-order valence-corrected chi connectivity index (χ4v) is 4.26. The third-order valence-corrected chi connectivity index (χ3v) is 6.38. The highest BCUT2D eigenvalue weighted by molar-refractivity contribution is 6.30. The third-order valence-electron chi connectivity index (χ3n) is 6.15. The predicted octanol–water partition coefficient (Wildman–Crippen LogP) is 3.21. The molecule has 0 aliphatic carbocycles. The number of rotatable bonds is 13. The number of benzene rings is 3. The zero-order valence-electron chi connectivity index (χ0n) is 22.8. The first-order valence-electron chi connectivity index (χ1n) is 13.1. The van der Waals surface area contributed by atoms with Gasteiger partial charge in [0.2, 0.25) is 5.91 Å². The summed E-state index contributed by atoms with van der Waals surface area (Å²) in [7, 11) is 1.51. The van der Waals surface area contributed by atoms with Crippen LogP contribution in [0.1, 0.15) is 21.5 Å². The molecule has 0 saturated heterocycles. The Kier molecular flexibility index (Phi) is 11.0. The van der Waals surface area contributed by atoms with Crippen LogP contribution in [0.25, 0.3) is 5.69 Å². The summed E-state index contributed by atoms with van der Waals surface area (Å²) in [6, 6.07) is 20.2. The van der Waals surface area contributed by atoms with Crippen LogP contribution < -0.4 is 16.0 Å². The topological polar surface area (TPSA) is 149 Å². The van der Waals surface area contributed by atoms with Crippen molar-refractivity contribution in [1.82, 2.24) is 30.8 Å². The first-order chi connectivity index (χ1) is 20.4. The second-order valence-electron chi connectivity index (χ2n) is 9.12. The molecule has 0 spiro atoms. The largest absolute Gasteiger partial charge is 0.447 e. The van der Waals surface area contributed by atoms with Crippen LogP contribution in [-0.4, -0.2) is 71.0 Å². The van der Waals surface area contributed by atoms with Crippen molar-refractivity contribution in [3.05, 3.63) is 101 Å². The number of halogens is 1. The van der Waals surface area contributed by atoms with E-state index in [0.29, 0.717) is 29.1 Å². The summed E-state index contributed by atoms with van der Waals surface area (Å²) in [5.74, 6) is -0.772. The molecule has 0 aliphatic rings. The number of tetrazole rings is 1. The van der Waals surface area contributed by atoms with E-state index in [9.17, 15) is 14.4 Å². The predicted molar refractivity (Wildman–Crippen MR) is 156 cm³/mol. The van der Waals surface area contributed by atoms with E-state index in [-0.39, 0.29) is 25.7 Å². The monoisotopic (exact) mass is 591 g/mol. The number of carbonyl (C=O) groups is 3. The van der Waals surface area contributed by atoms with Crippen LogP contribution in [0, 0.1) is 0 Å². The van der Waals surface area contributed by atoms with Crippen molar-refractivity contribution in [3.63, 3.8) is 0 Å². The fourth-order valence-electron chi connectivity index (χ4n) is 4.07. The third kappa shape index (κ3) is 8.85. The van der Waals surface area contributed by atoms with Gasteiger partial charge in [-0.25, -0.2) is 9.48 Å². The van der Waals surface area contributed by atoms with Crippen LogP contribution in [0.2, 0.25) is 5.02 Å². The first-order valence-corrected chi connectivity index (χ1v) is 13.5. The number of amides is 3. The minimum atomic E-state index is -0.841. The number of methoxy groups -OCH3 is 1. The molecule has 1 unspecified atom stereocenters. The first kappa shape index (κ1) is 30.2. The Hall–Kier alpha value is -4.81. The normalized spacial score (nSPS) is 11.4. The maximum Gasteiger partial charge on any atom is 0.411 e. The summed E-state index contributed by atoms with van der Waals surface area (Å²) < 4.78 is 11.3. The van der Waals surface area contributed by atoms with Crippen molar-refractivity contribution in [1.29, 1.82) is 0 Å². The van der Waals surface area contributed by atoms with Gasteiger partial charge in [-0.05, 0) is 70.4 Å². The van der Waals surface area contributed by atoms with Crippen LogP contribution in [0.5, 0.6) is 0 Å². The van der Waals surface area contributed by atoms with Crippen LogP contribution in [0.3, 0.4) is 0 Å². The van der Waals surface area contributed by atoms with Gasteiger partial charge in [-0.2, -0.15) is 0 Å². The second-order valence-corrected chi connectivity index (χ2v) is 9.55. The van der Waals surface area contributed by atoms with Crippen LogP contribution in [0.4, 0.5) is 10.5 Å². The summed E-state index contributed by atoms with van der Waals surface area (Å²) in [5, 5.41) is 20.2. The highest BCUT2D eigenvalue weighted by Crippen LogP contribution is 2.19. The number of hydrogen-bond donors (Lipinski definition) is 3. The molecule has 218 valence electrons. The Balaban J connectivity index is 1.39. The van der Waals surface area contributed by atoms with Crippen LogP contribution >= 0.6 is 11.6 Å². The molecule has 0 radical (unpaired) electrons. The number of hydrogen-bond acceptors (Lipinski definition) is 8. The molecule has 3 aromatic carbocycles. The Morgan fingerprint density at radius 1 is 1.00 bits per heavy atom. The summed E-state index contributed by atoms with van der Waals surface area (Å²) in [5.41, 5.74) is 3.25. The molecule has 13 heteroatoms. The van der Waals surface area contributed by atoms with E-state index >= 15 is 0 Å². The number of aromatic nitrogens is 4. The number of nitrogens with one attached hydrogen (secondary N) is 3. The van der Waals surface area contributed by atoms with E-state index in [4.69, 9.17) is 21.1 Å². The van der Waals surface area contributed by atoms with E-state index in [1.807, 2.05) is 30.3 Å². The molecule has 1 atom stereocenters. The van der Waals surface area contributed by atoms with Gasteiger partial charge in [0, 0.05) is 36.3 Å². The molecule has 3 amide bonds. The SMILES string of the molecule is COCCOC(=O)Nc1ccc(C(=O)NC(Cc2ccccc2)C(=O)NCCc2cc(Cl)ccc2-n2cnnn2)cc1. The molecule has 0 aliphatic heterocycles. The van der Waals surface area contributed by atoms with Crippen LogP contribution in [-0.2, 0) is 27.1 Å². The van der Waals surface area contributed by atoms with E-state index in [1.165, 1.54) is 18.1 Å². The van der Waals surface area contributed by atoms with Crippen molar-refractivity contribution in [2.45, 2.75) is 18.9 Å². The number of carbonyl (C=O) groups excluding carboxylic acids is 3. The molecule has 1 aromatic heterocycles. The Labute approximate surface area is 247 Å². The van der Waals surface area contributed by atoms with Gasteiger partial charge in [0.05, 0.1) is 12.3 Å². The van der Waals surface area contributed by atoms with Gasteiger partial charge in [0.1, 0.15) is 19.0 Å².